The predicted molar refractivity (Wildman–Crippen MR) is 91.2 cm³/mol. The molecule has 0 spiro atoms. The van der Waals surface area contributed by atoms with Crippen LogP contribution in [0.25, 0.3) is 0 Å². The van der Waals surface area contributed by atoms with E-state index in [1.165, 1.54) is 57.8 Å². The number of halogens is 1. The third-order valence-corrected chi connectivity index (χ3v) is 6.72. The molecule has 2 aliphatic carbocycles. The molecule has 4 aliphatic rings. The van der Waals surface area contributed by atoms with Gasteiger partial charge in [-0.1, -0.05) is 25.7 Å². The van der Waals surface area contributed by atoms with E-state index in [-0.39, 0.29) is 12.4 Å². The van der Waals surface area contributed by atoms with Gasteiger partial charge in [0, 0.05) is 31.1 Å². The van der Waals surface area contributed by atoms with Crippen molar-refractivity contribution in [3.8, 4) is 0 Å². The van der Waals surface area contributed by atoms with Gasteiger partial charge in [0.25, 0.3) is 0 Å². The predicted octanol–water partition coefficient (Wildman–Crippen LogP) is 3.37. The molecule has 5 atom stereocenters. The molecule has 1 amide bonds. The molecule has 0 aromatic rings. The second-order valence-electron chi connectivity index (χ2n) is 8.03. The first-order valence-corrected chi connectivity index (χ1v) is 9.34. The lowest BCUT2D eigenvalue weighted by atomic mass is 9.67. The molecule has 0 radical (unpaired) electrons. The molecule has 0 aromatic carbocycles. The summed E-state index contributed by atoms with van der Waals surface area (Å²) in [7, 11) is 0. The number of hydrogen-bond acceptors (Lipinski definition) is 2. The van der Waals surface area contributed by atoms with Crippen LogP contribution in [0.2, 0.25) is 0 Å². The number of hydrogen-bond donors (Lipinski definition) is 1. The fourth-order valence-corrected chi connectivity index (χ4v) is 5.50. The standard InChI is InChI=1S/C18H30N2O.ClH/c21-18(20-10-9-16-7-8-17(12-20)19-16)15-6-5-13-3-1-2-4-14(13)11-15;/h13-17,19H,1-12H2;1H. The summed E-state index contributed by atoms with van der Waals surface area (Å²) in [5.41, 5.74) is 0. The molecular formula is C18H31ClN2O. The third kappa shape index (κ3) is 3.31. The summed E-state index contributed by atoms with van der Waals surface area (Å²) in [4.78, 5) is 15.2. The fraction of sp³-hybridized carbons (Fsp3) is 0.944. The smallest absolute Gasteiger partial charge is 0.225 e. The van der Waals surface area contributed by atoms with Crippen molar-refractivity contribution >= 4 is 18.3 Å². The molecule has 22 heavy (non-hydrogen) atoms. The van der Waals surface area contributed by atoms with Crippen LogP contribution in [-0.4, -0.2) is 36.0 Å². The summed E-state index contributed by atoms with van der Waals surface area (Å²) in [6.45, 7) is 1.97. The Morgan fingerprint density at radius 1 is 0.864 bits per heavy atom. The van der Waals surface area contributed by atoms with Crippen molar-refractivity contribution in [1.29, 1.82) is 0 Å². The van der Waals surface area contributed by atoms with E-state index < -0.39 is 0 Å². The van der Waals surface area contributed by atoms with Gasteiger partial charge in [-0.2, -0.15) is 0 Å². The van der Waals surface area contributed by atoms with Gasteiger partial charge in [0.05, 0.1) is 0 Å². The molecule has 0 aromatic heterocycles. The molecule has 1 N–H and O–H groups in total. The second kappa shape index (κ2) is 7.09. The molecule has 2 aliphatic heterocycles. The Kier molecular flexibility index (Phi) is 5.34. The van der Waals surface area contributed by atoms with Crippen molar-refractivity contribution < 1.29 is 4.79 Å². The Bertz CT molecular complexity index is 403. The molecule has 2 bridgehead atoms. The van der Waals surface area contributed by atoms with E-state index in [4.69, 9.17) is 0 Å². The normalized spacial score (nSPS) is 41.3. The van der Waals surface area contributed by atoms with Crippen LogP contribution in [0, 0.1) is 17.8 Å². The zero-order chi connectivity index (χ0) is 14.2. The van der Waals surface area contributed by atoms with Crippen molar-refractivity contribution in [2.24, 2.45) is 17.8 Å². The highest BCUT2D eigenvalue weighted by Gasteiger charge is 2.38. The summed E-state index contributed by atoms with van der Waals surface area (Å²) in [6, 6.07) is 1.26. The largest absolute Gasteiger partial charge is 0.341 e. The van der Waals surface area contributed by atoms with E-state index >= 15 is 0 Å². The van der Waals surface area contributed by atoms with Gasteiger partial charge in [-0.05, 0) is 50.4 Å². The van der Waals surface area contributed by atoms with E-state index in [9.17, 15) is 4.79 Å². The first-order valence-electron chi connectivity index (χ1n) is 9.34. The highest BCUT2D eigenvalue weighted by molar-refractivity contribution is 5.85. The van der Waals surface area contributed by atoms with Gasteiger partial charge in [0.15, 0.2) is 0 Å². The quantitative estimate of drug-likeness (QED) is 0.801. The molecule has 3 nitrogen and oxygen atoms in total. The van der Waals surface area contributed by atoms with Gasteiger partial charge < -0.3 is 10.2 Å². The zero-order valence-corrected chi connectivity index (χ0v) is 14.5. The SMILES string of the molecule is Cl.O=C(C1CCC2CCCCC2C1)N1CCC2CCC(C1)N2. The molecule has 2 saturated heterocycles. The Morgan fingerprint density at radius 3 is 2.50 bits per heavy atom. The van der Waals surface area contributed by atoms with Gasteiger partial charge >= 0.3 is 0 Å². The molecule has 4 heteroatoms. The number of nitrogens with zero attached hydrogens (tertiary/aromatic N) is 1. The average molecular weight is 327 g/mol. The number of carbonyl (C=O) groups excluding carboxylic acids is 1. The van der Waals surface area contributed by atoms with Gasteiger partial charge in [0.2, 0.25) is 5.91 Å². The topological polar surface area (TPSA) is 32.3 Å². The molecule has 126 valence electrons. The second-order valence-corrected chi connectivity index (χ2v) is 8.03. The molecule has 5 unspecified atom stereocenters. The lowest BCUT2D eigenvalue weighted by molar-refractivity contribution is -0.138. The molecule has 4 fully saturated rings. The van der Waals surface area contributed by atoms with Gasteiger partial charge in [0.1, 0.15) is 0 Å². The maximum atomic E-state index is 13.0. The van der Waals surface area contributed by atoms with Crippen LogP contribution in [0.3, 0.4) is 0 Å². The van der Waals surface area contributed by atoms with E-state index in [2.05, 4.69) is 10.2 Å². The van der Waals surface area contributed by atoms with Gasteiger partial charge in [-0.25, -0.2) is 0 Å². The summed E-state index contributed by atoms with van der Waals surface area (Å²) in [5.74, 6) is 2.65. The number of nitrogens with one attached hydrogen (secondary N) is 1. The highest BCUT2D eigenvalue weighted by Crippen LogP contribution is 2.43. The first-order chi connectivity index (χ1) is 10.3. The summed E-state index contributed by atoms with van der Waals surface area (Å²) in [5, 5.41) is 3.69. The van der Waals surface area contributed by atoms with Gasteiger partial charge in [-0.3, -0.25) is 4.79 Å². The minimum Gasteiger partial charge on any atom is -0.341 e. The van der Waals surface area contributed by atoms with E-state index in [1.54, 1.807) is 0 Å². The molecule has 2 heterocycles. The van der Waals surface area contributed by atoms with E-state index in [0.29, 0.717) is 23.9 Å². The average Bonchev–Trinajstić information content (AvgIpc) is 2.85. The number of likely N-dealkylation sites (tertiary alicyclic amines) is 1. The van der Waals surface area contributed by atoms with Crippen LogP contribution in [0.4, 0.5) is 0 Å². The van der Waals surface area contributed by atoms with Crippen molar-refractivity contribution in [2.75, 3.05) is 13.1 Å². The first kappa shape index (κ1) is 16.6. The molecular weight excluding hydrogens is 296 g/mol. The number of fused-ring (bicyclic) bond motifs is 3. The minimum absolute atomic E-state index is 0. The van der Waals surface area contributed by atoms with Crippen LogP contribution in [-0.2, 0) is 4.79 Å². The lowest BCUT2D eigenvalue weighted by Crippen LogP contribution is -2.44. The van der Waals surface area contributed by atoms with Crippen LogP contribution in [0.15, 0.2) is 0 Å². The summed E-state index contributed by atoms with van der Waals surface area (Å²) < 4.78 is 0. The summed E-state index contributed by atoms with van der Waals surface area (Å²) in [6.07, 6.45) is 13.1. The van der Waals surface area contributed by atoms with Crippen LogP contribution in [0.1, 0.15) is 64.2 Å². The van der Waals surface area contributed by atoms with Crippen molar-refractivity contribution in [1.82, 2.24) is 10.2 Å². The van der Waals surface area contributed by atoms with E-state index in [0.717, 1.165) is 31.3 Å². The van der Waals surface area contributed by atoms with Crippen molar-refractivity contribution in [3.05, 3.63) is 0 Å². The fourth-order valence-electron chi connectivity index (χ4n) is 5.50. The van der Waals surface area contributed by atoms with Crippen LogP contribution < -0.4 is 5.32 Å². The number of amides is 1. The Labute approximate surface area is 141 Å². The van der Waals surface area contributed by atoms with Crippen LogP contribution >= 0.6 is 12.4 Å². The van der Waals surface area contributed by atoms with Crippen molar-refractivity contribution in [3.63, 3.8) is 0 Å². The minimum atomic E-state index is 0. The van der Waals surface area contributed by atoms with Crippen molar-refractivity contribution in [2.45, 2.75) is 76.3 Å². The number of carbonyl (C=O) groups is 1. The molecule has 4 rings (SSSR count). The Balaban J connectivity index is 0.00000144. The number of rotatable bonds is 1. The highest BCUT2D eigenvalue weighted by atomic mass is 35.5. The Morgan fingerprint density at radius 2 is 1.64 bits per heavy atom. The zero-order valence-electron chi connectivity index (χ0n) is 13.6. The summed E-state index contributed by atoms with van der Waals surface area (Å²) >= 11 is 0. The van der Waals surface area contributed by atoms with E-state index in [1.807, 2.05) is 0 Å². The van der Waals surface area contributed by atoms with Gasteiger partial charge in [-0.15, -0.1) is 12.4 Å². The molecule has 2 saturated carbocycles. The Hall–Kier alpha value is -0.280. The third-order valence-electron chi connectivity index (χ3n) is 6.72. The monoisotopic (exact) mass is 326 g/mol. The lowest BCUT2D eigenvalue weighted by Gasteiger charge is -2.40. The maximum absolute atomic E-state index is 13.0. The van der Waals surface area contributed by atoms with Crippen LogP contribution in [0.5, 0.6) is 0 Å². The maximum Gasteiger partial charge on any atom is 0.225 e.